The van der Waals surface area contributed by atoms with Crippen LogP contribution in [0.5, 0.6) is 0 Å². The van der Waals surface area contributed by atoms with Gasteiger partial charge in [0, 0.05) is 0 Å². The number of Topliss-reactive ketones (excluding diaryl/α,β-unsaturated/α-hetero) is 1. The summed E-state index contributed by atoms with van der Waals surface area (Å²) in [5, 5.41) is 9.00. The lowest BCUT2D eigenvalue weighted by Crippen LogP contribution is -2.37. The first-order valence-electron chi connectivity index (χ1n) is 4.75. The summed E-state index contributed by atoms with van der Waals surface area (Å²) < 4.78 is 0. The van der Waals surface area contributed by atoms with Crippen LogP contribution in [0.1, 0.15) is 46.5 Å². The highest BCUT2D eigenvalue weighted by atomic mass is 16.4. The Morgan fingerprint density at radius 2 is 1.85 bits per heavy atom. The van der Waals surface area contributed by atoms with Crippen LogP contribution in [-0.4, -0.2) is 16.9 Å². The van der Waals surface area contributed by atoms with Crippen molar-refractivity contribution in [2.75, 3.05) is 0 Å². The fourth-order valence-corrected chi connectivity index (χ4v) is 1.49. The summed E-state index contributed by atoms with van der Waals surface area (Å²) >= 11 is 0. The summed E-state index contributed by atoms with van der Waals surface area (Å²) in [7, 11) is 0. The van der Waals surface area contributed by atoms with Crippen molar-refractivity contribution in [3.8, 4) is 0 Å². The maximum atomic E-state index is 11.3. The van der Waals surface area contributed by atoms with Gasteiger partial charge in [0.2, 0.25) is 0 Å². The maximum Gasteiger partial charge on any atom is 0.317 e. The molecular weight excluding hydrogens is 168 g/mol. The Morgan fingerprint density at radius 1 is 1.31 bits per heavy atom. The molecule has 0 heterocycles. The molecule has 0 fully saturated rings. The highest BCUT2D eigenvalue weighted by Gasteiger charge is 2.40. The molecule has 0 aliphatic carbocycles. The van der Waals surface area contributed by atoms with E-state index in [1.807, 2.05) is 6.92 Å². The molecule has 0 saturated carbocycles. The highest BCUT2D eigenvalue weighted by molar-refractivity contribution is 6.01. The lowest BCUT2D eigenvalue weighted by atomic mass is 9.77. The van der Waals surface area contributed by atoms with E-state index in [1.165, 1.54) is 6.92 Å². The van der Waals surface area contributed by atoms with E-state index in [-0.39, 0.29) is 5.78 Å². The van der Waals surface area contributed by atoms with E-state index in [2.05, 4.69) is 0 Å². The number of ketones is 1. The van der Waals surface area contributed by atoms with Gasteiger partial charge < -0.3 is 5.11 Å². The van der Waals surface area contributed by atoms with Gasteiger partial charge in [-0.15, -0.1) is 0 Å². The molecule has 1 unspecified atom stereocenters. The topological polar surface area (TPSA) is 54.4 Å². The summed E-state index contributed by atoms with van der Waals surface area (Å²) in [6.07, 6.45) is 2.56. The van der Waals surface area contributed by atoms with Gasteiger partial charge in [0.15, 0.2) is 0 Å². The number of hydrogen-bond donors (Lipinski definition) is 1. The lowest BCUT2D eigenvalue weighted by Gasteiger charge is -2.24. The van der Waals surface area contributed by atoms with Gasteiger partial charge in [-0.25, -0.2) is 0 Å². The second-order valence-electron chi connectivity index (χ2n) is 3.40. The average Bonchev–Trinajstić information content (AvgIpc) is 2.05. The van der Waals surface area contributed by atoms with E-state index in [0.29, 0.717) is 12.8 Å². The molecule has 0 aliphatic heterocycles. The number of unbranched alkanes of at least 4 members (excludes halogenated alkanes) is 1. The number of carbonyl (C=O) groups excluding carboxylic acids is 1. The molecule has 1 atom stereocenters. The normalized spacial score (nSPS) is 15.0. The van der Waals surface area contributed by atoms with Crippen molar-refractivity contribution in [2.24, 2.45) is 5.41 Å². The van der Waals surface area contributed by atoms with Gasteiger partial charge in [-0.05, 0) is 19.8 Å². The van der Waals surface area contributed by atoms with Crippen molar-refractivity contribution in [3.63, 3.8) is 0 Å². The zero-order chi connectivity index (χ0) is 10.5. The Hall–Kier alpha value is -0.860. The van der Waals surface area contributed by atoms with Crippen LogP contribution in [0.4, 0.5) is 0 Å². The van der Waals surface area contributed by atoms with Crippen LogP contribution in [0, 0.1) is 5.41 Å². The summed E-state index contributed by atoms with van der Waals surface area (Å²) in [4.78, 5) is 22.2. The van der Waals surface area contributed by atoms with Crippen LogP contribution >= 0.6 is 0 Å². The molecular formula is C10H18O3. The molecule has 3 heteroatoms. The number of aliphatic carboxylic acids is 1. The van der Waals surface area contributed by atoms with E-state index < -0.39 is 11.4 Å². The van der Waals surface area contributed by atoms with Crippen LogP contribution in [0.25, 0.3) is 0 Å². The molecule has 1 N–H and O–H groups in total. The Labute approximate surface area is 79.1 Å². The Kier molecular flexibility index (Phi) is 4.67. The standard InChI is InChI=1S/C10H18O3/c1-4-6-7-10(5-2,8(3)11)9(12)13/h4-7H2,1-3H3,(H,12,13). The monoisotopic (exact) mass is 186 g/mol. The highest BCUT2D eigenvalue weighted by Crippen LogP contribution is 2.30. The third kappa shape index (κ3) is 2.54. The smallest absolute Gasteiger partial charge is 0.317 e. The largest absolute Gasteiger partial charge is 0.480 e. The first-order valence-corrected chi connectivity index (χ1v) is 4.75. The summed E-state index contributed by atoms with van der Waals surface area (Å²) in [6.45, 7) is 5.11. The number of carboxylic acid groups (broad SMARTS) is 1. The van der Waals surface area contributed by atoms with Crippen LogP contribution in [0.15, 0.2) is 0 Å². The molecule has 0 radical (unpaired) electrons. The minimum atomic E-state index is -1.13. The molecule has 0 aromatic rings. The Bertz CT molecular complexity index is 182. The van der Waals surface area contributed by atoms with Crippen LogP contribution < -0.4 is 0 Å². The van der Waals surface area contributed by atoms with Crippen molar-refractivity contribution < 1.29 is 14.7 Å². The predicted molar refractivity (Wildman–Crippen MR) is 50.6 cm³/mol. The zero-order valence-corrected chi connectivity index (χ0v) is 8.59. The molecule has 13 heavy (non-hydrogen) atoms. The molecule has 0 aromatic carbocycles. The Morgan fingerprint density at radius 3 is 2.08 bits per heavy atom. The molecule has 0 bridgehead atoms. The van der Waals surface area contributed by atoms with Crippen LogP contribution in [0.2, 0.25) is 0 Å². The molecule has 76 valence electrons. The van der Waals surface area contributed by atoms with E-state index in [9.17, 15) is 9.59 Å². The molecule has 0 amide bonds. The second kappa shape index (κ2) is 5.00. The molecule has 0 rings (SSSR count). The van der Waals surface area contributed by atoms with Gasteiger partial charge in [-0.3, -0.25) is 9.59 Å². The quantitative estimate of drug-likeness (QED) is 0.647. The predicted octanol–water partition coefficient (Wildman–Crippen LogP) is 2.25. The first-order chi connectivity index (χ1) is 6.01. The van der Waals surface area contributed by atoms with Crippen molar-refractivity contribution >= 4 is 11.8 Å². The fourth-order valence-electron chi connectivity index (χ4n) is 1.49. The van der Waals surface area contributed by atoms with Crippen molar-refractivity contribution in [1.82, 2.24) is 0 Å². The van der Waals surface area contributed by atoms with Gasteiger partial charge in [-0.1, -0.05) is 26.7 Å². The second-order valence-corrected chi connectivity index (χ2v) is 3.40. The Balaban J connectivity index is 4.66. The third-order valence-corrected chi connectivity index (χ3v) is 2.64. The van der Waals surface area contributed by atoms with Crippen molar-refractivity contribution in [3.05, 3.63) is 0 Å². The zero-order valence-electron chi connectivity index (χ0n) is 8.59. The molecule has 0 aromatic heterocycles. The molecule has 0 aliphatic rings. The third-order valence-electron chi connectivity index (χ3n) is 2.64. The SMILES string of the molecule is CCCCC(CC)(C(C)=O)C(=O)O. The van der Waals surface area contributed by atoms with E-state index in [4.69, 9.17) is 5.11 Å². The van der Waals surface area contributed by atoms with E-state index in [1.54, 1.807) is 6.92 Å². The van der Waals surface area contributed by atoms with Crippen molar-refractivity contribution in [2.45, 2.75) is 46.5 Å². The minimum absolute atomic E-state index is 0.226. The van der Waals surface area contributed by atoms with E-state index in [0.717, 1.165) is 12.8 Å². The van der Waals surface area contributed by atoms with Gasteiger partial charge in [0.25, 0.3) is 0 Å². The van der Waals surface area contributed by atoms with Gasteiger partial charge in [0.05, 0.1) is 0 Å². The van der Waals surface area contributed by atoms with Crippen LogP contribution in [0.3, 0.4) is 0 Å². The van der Waals surface area contributed by atoms with Gasteiger partial charge >= 0.3 is 5.97 Å². The van der Waals surface area contributed by atoms with Crippen molar-refractivity contribution in [1.29, 1.82) is 0 Å². The molecule has 0 spiro atoms. The minimum Gasteiger partial charge on any atom is -0.480 e. The first kappa shape index (κ1) is 12.1. The van der Waals surface area contributed by atoms with Gasteiger partial charge in [-0.2, -0.15) is 0 Å². The molecule has 3 nitrogen and oxygen atoms in total. The maximum absolute atomic E-state index is 11.3. The number of hydrogen-bond acceptors (Lipinski definition) is 2. The fraction of sp³-hybridized carbons (Fsp3) is 0.800. The summed E-state index contributed by atoms with van der Waals surface area (Å²) in [5.74, 6) is -1.20. The summed E-state index contributed by atoms with van der Waals surface area (Å²) in [5.41, 5.74) is -1.13. The van der Waals surface area contributed by atoms with E-state index >= 15 is 0 Å². The average molecular weight is 186 g/mol. The molecule has 0 saturated heterocycles. The summed E-state index contributed by atoms with van der Waals surface area (Å²) in [6, 6.07) is 0. The van der Waals surface area contributed by atoms with Gasteiger partial charge in [0.1, 0.15) is 11.2 Å². The number of carbonyl (C=O) groups is 2. The number of rotatable bonds is 6. The number of carboxylic acids is 1. The van der Waals surface area contributed by atoms with Crippen LogP contribution in [-0.2, 0) is 9.59 Å². The lowest BCUT2D eigenvalue weighted by molar-refractivity contribution is -0.155.